The van der Waals surface area contributed by atoms with Crippen molar-refractivity contribution in [3.63, 3.8) is 0 Å². The maximum Gasteiger partial charge on any atom is 0.269 e. The molecule has 1 aliphatic heterocycles. The van der Waals surface area contributed by atoms with Gasteiger partial charge < -0.3 is 0 Å². The highest BCUT2D eigenvalue weighted by Gasteiger charge is 2.34. The van der Waals surface area contributed by atoms with Crippen LogP contribution in [0.25, 0.3) is 0 Å². The van der Waals surface area contributed by atoms with Crippen molar-refractivity contribution in [1.82, 2.24) is 10.4 Å². The molecule has 1 saturated heterocycles. The summed E-state index contributed by atoms with van der Waals surface area (Å²) in [6.45, 7) is 0.0201. The molecule has 5 nitrogen and oxygen atoms in total. The predicted molar refractivity (Wildman–Crippen MR) is 87.1 cm³/mol. The fourth-order valence-corrected chi connectivity index (χ4v) is 2.51. The summed E-state index contributed by atoms with van der Waals surface area (Å²) >= 11 is 5.31. The summed E-state index contributed by atoms with van der Waals surface area (Å²) in [5, 5.41) is 1.65. The lowest BCUT2D eigenvalue weighted by molar-refractivity contribution is -0.116. The first-order chi connectivity index (χ1) is 10.7. The van der Waals surface area contributed by atoms with Crippen LogP contribution >= 0.6 is 12.2 Å². The number of thiocarbonyl (C=S) groups is 1. The number of nitrogens with zero attached hydrogens (tertiary/aromatic N) is 2. The van der Waals surface area contributed by atoms with Crippen LogP contribution in [0.5, 0.6) is 0 Å². The highest BCUT2D eigenvalue weighted by Crippen LogP contribution is 2.20. The van der Waals surface area contributed by atoms with Crippen molar-refractivity contribution in [3.05, 3.63) is 66.2 Å². The molecule has 0 radical (unpaired) electrons. The summed E-state index contributed by atoms with van der Waals surface area (Å²) in [5.41, 5.74) is 3.86. The Balaban J connectivity index is 1.76. The van der Waals surface area contributed by atoms with E-state index in [0.29, 0.717) is 11.3 Å². The molecule has 0 saturated carbocycles. The summed E-state index contributed by atoms with van der Waals surface area (Å²) in [6.07, 6.45) is 0. The van der Waals surface area contributed by atoms with Gasteiger partial charge in [0.15, 0.2) is 0 Å². The molecule has 3 rings (SSSR count). The molecule has 110 valence electrons. The molecule has 0 aliphatic carbocycles. The molecule has 1 fully saturated rings. The van der Waals surface area contributed by atoms with Gasteiger partial charge in [0.2, 0.25) is 5.11 Å². The number of anilines is 1. The molecule has 0 unspecified atom stereocenters. The molecule has 1 N–H and O–H groups in total. The lowest BCUT2D eigenvalue weighted by atomic mass is 10.2. The molecule has 0 atom stereocenters. The van der Waals surface area contributed by atoms with Crippen LogP contribution < -0.4 is 10.3 Å². The van der Waals surface area contributed by atoms with Crippen LogP contribution in [0.3, 0.4) is 0 Å². The number of nitrogens with one attached hydrogen (secondary N) is 1. The minimum absolute atomic E-state index is 0.0201. The first-order valence-electron chi connectivity index (χ1n) is 6.72. The Bertz CT molecular complexity index is 719. The van der Waals surface area contributed by atoms with Crippen molar-refractivity contribution in [3.8, 4) is 0 Å². The molecular weight excluding hydrogens is 298 g/mol. The summed E-state index contributed by atoms with van der Waals surface area (Å²) in [7, 11) is 0. The molecule has 0 spiro atoms. The van der Waals surface area contributed by atoms with Crippen LogP contribution in [0.2, 0.25) is 0 Å². The van der Waals surface area contributed by atoms with Crippen molar-refractivity contribution in [2.75, 3.05) is 11.4 Å². The van der Waals surface area contributed by atoms with Crippen LogP contribution in [0.15, 0.2) is 60.7 Å². The third-order valence-corrected chi connectivity index (χ3v) is 3.65. The summed E-state index contributed by atoms with van der Waals surface area (Å²) in [4.78, 5) is 25.7. The highest BCUT2D eigenvalue weighted by atomic mass is 32.1. The molecule has 0 bridgehead atoms. The molecule has 6 heteroatoms. The van der Waals surface area contributed by atoms with E-state index >= 15 is 0 Å². The molecule has 0 aromatic heterocycles. The number of rotatable bonds is 3. The van der Waals surface area contributed by atoms with E-state index < -0.39 is 0 Å². The zero-order valence-corrected chi connectivity index (χ0v) is 12.4. The normalized spacial score (nSPS) is 14.4. The number of hydrogen-bond donors (Lipinski definition) is 1. The minimum atomic E-state index is -0.300. The molecule has 22 heavy (non-hydrogen) atoms. The number of hydrazine groups is 1. The Morgan fingerprint density at radius 1 is 1.00 bits per heavy atom. The SMILES string of the molecule is O=C(NN1CC(=O)N(c2ccccc2)C1=S)c1ccccc1. The molecule has 2 aromatic carbocycles. The van der Waals surface area contributed by atoms with Gasteiger partial charge in [0.25, 0.3) is 11.8 Å². The Kier molecular flexibility index (Phi) is 3.84. The zero-order valence-electron chi connectivity index (χ0n) is 11.6. The van der Waals surface area contributed by atoms with E-state index in [-0.39, 0.29) is 23.5 Å². The Morgan fingerprint density at radius 2 is 1.59 bits per heavy atom. The summed E-state index contributed by atoms with van der Waals surface area (Å²) < 4.78 is 0. The smallest absolute Gasteiger partial charge is 0.269 e. The number of benzene rings is 2. The van der Waals surface area contributed by atoms with Gasteiger partial charge in [-0.25, -0.2) is 0 Å². The standard InChI is InChI=1S/C16H13N3O2S/c20-14-11-18(17-15(21)12-7-3-1-4-8-12)16(22)19(14)13-9-5-2-6-10-13/h1-10H,11H2,(H,17,21). The minimum Gasteiger partial charge on any atom is -0.272 e. The van der Waals surface area contributed by atoms with Gasteiger partial charge in [-0.05, 0) is 36.5 Å². The number of amides is 2. The van der Waals surface area contributed by atoms with Gasteiger partial charge in [-0.1, -0.05) is 36.4 Å². The van der Waals surface area contributed by atoms with Gasteiger partial charge in [0, 0.05) is 5.56 Å². The molecule has 1 aliphatic rings. The second-order valence-corrected chi connectivity index (χ2v) is 5.11. The Labute approximate surface area is 133 Å². The largest absolute Gasteiger partial charge is 0.272 e. The van der Waals surface area contributed by atoms with Gasteiger partial charge >= 0.3 is 0 Å². The second-order valence-electron chi connectivity index (χ2n) is 4.74. The monoisotopic (exact) mass is 311 g/mol. The molecule has 2 aromatic rings. The predicted octanol–water partition coefficient (Wildman–Crippen LogP) is 1.97. The van der Waals surface area contributed by atoms with E-state index in [1.165, 1.54) is 9.91 Å². The van der Waals surface area contributed by atoms with E-state index in [9.17, 15) is 9.59 Å². The zero-order chi connectivity index (χ0) is 15.5. The number of hydrogen-bond acceptors (Lipinski definition) is 3. The Morgan fingerprint density at radius 3 is 2.23 bits per heavy atom. The van der Waals surface area contributed by atoms with Gasteiger partial charge in [0.1, 0.15) is 6.54 Å². The highest BCUT2D eigenvalue weighted by molar-refractivity contribution is 7.80. The van der Waals surface area contributed by atoms with Crippen molar-refractivity contribution < 1.29 is 9.59 Å². The fourth-order valence-electron chi connectivity index (χ4n) is 2.20. The van der Waals surface area contributed by atoms with Crippen LogP contribution in [0.1, 0.15) is 10.4 Å². The van der Waals surface area contributed by atoms with E-state index in [0.717, 1.165) is 0 Å². The van der Waals surface area contributed by atoms with Gasteiger partial charge in [-0.2, -0.15) is 0 Å². The van der Waals surface area contributed by atoms with Crippen molar-refractivity contribution in [2.24, 2.45) is 0 Å². The maximum atomic E-state index is 12.2. The lowest BCUT2D eigenvalue weighted by Crippen LogP contribution is -2.44. The molecule has 1 heterocycles. The van der Waals surface area contributed by atoms with Crippen LogP contribution in [0, 0.1) is 0 Å². The second kappa shape index (κ2) is 5.95. The first-order valence-corrected chi connectivity index (χ1v) is 7.13. The van der Waals surface area contributed by atoms with Gasteiger partial charge in [-0.15, -0.1) is 0 Å². The van der Waals surface area contributed by atoms with E-state index in [2.05, 4.69) is 5.43 Å². The van der Waals surface area contributed by atoms with E-state index in [1.54, 1.807) is 36.4 Å². The third kappa shape index (κ3) is 2.68. The van der Waals surface area contributed by atoms with Crippen LogP contribution in [-0.4, -0.2) is 28.5 Å². The summed E-state index contributed by atoms with van der Waals surface area (Å²) in [6, 6.07) is 17.9. The Hall–Kier alpha value is -2.73. The lowest BCUT2D eigenvalue weighted by Gasteiger charge is -2.20. The van der Waals surface area contributed by atoms with Gasteiger partial charge in [-0.3, -0.25) is 24.9 Å². The van der Waals surface area contributed by atoms with E-state index in [4.69, 9.17) is 12.2 Å². The topological polar surface area (TPSA) is 52.7 Å². The average Bonchev–Trinajstić information content (AvgIpc) is 2.83. The number of carbonyl (C=O) groups is 2. The maximum absolute atomic E-state index is 12.2. The van der Waals surface area contributed by atoms with Crippen LogP contribution in [0.4, 0.5) is 5.69 Å². The number of carbonyl (C=O) groups excluding carboxylic acids is 2. The van der Waals surface area contributed by atoms with Crippen molar-refractivity contribution >= 4 is 34.8 Å². The fraction of sp³-hybridized carbons (Fsp3) is 0.0625. The molecular formula is C16H13N3O2S. The van der Waals surface area contributed by atoms with Crippen molar-refractivity contribution in [2.45, 2.75) is 0 Å². The van der Waals surface area contributed by atoms with Crippen LogP contribution in [-0.2, 0) is 4.79 Å². The number of para-hydroxylation sites is 1. The molecule has 2 amide bonds. The average molecular weight is 311 g/mol. The quantitative estimate of drug-likeness (QED) is 0.881. The third-order valence-electron chi connectivity index (χ3n) is 3.25. The first kappa shape index (κ1) is 14.2. The summed E-state index contributed by atoms with van der Waals surface area (Å²) in [5.74, 6) is -0.477. The van der Waals surface area contributed by atoms with Gasteiger partial charge in [0.05, 0.1) is 5.69 Å². The van der Waals surface area contributed by atoms with Crippen molar-refractivity contribution in [1.29, 1.82) is 0 Å². The van der Waals surface area contributed by atoms with E-state index in [1.807, 2.05) is 24.3 Å².